The Morgan fingerprint density at radius 2 is 2.18 bits per heavy atom. The topological polar surface area (TPSA) is 69.2 Å². The SMILES string of the molecule is CCNC(=NCc1ccc(N2CCNC(=O)C2)cc1)N(C)CC1CCOC1.I. The third-order valence-corrected chi connectivity index (χ3v) is 5.00. The zero-order valence-electron chi connectivity index (χ0n) is 16.8. The maximum Gasteiger partial charge on any atom is 0.239 e. The predicted molar refractivity (Wildman–Crippen MR) is 123 cm³/mol. The van der Waals surface area contributed by atoms with E-state index < -0.39 is 0 Å². The number of anilines is 1. The van der Waals surface area contributed by atoms with Crippen molar-refractivity contribution in [3.8, 4) is 0 Å². The number of ether oxygens (including phenoxy) is 1. The zero-order chi connectivity index (χ0) is 19.1. The van der Waals surface area contributed by atoms with Crippen molar-refractivity contribution < 1.29 is 9.53 Å². The van der Waals surface area contributed by atoms with E-state index in [1.807, 2.05) is 0 Å². The van der Waals surface area contributed by atoms with Crippen LogP contribution in [0.5, 0.6) is 0 Å². The molecule has 1 atom stereocenters. The van der Waals surface area contributed by atoms with Gasteiger partial charge in [0.05, 0.1) is 19.7 Å². The molecule has 7 nitrogen and oxygen atoms in total. The van der Waals surface area contributed by atoms with Gasteiger partial charge in [0.25, 0.3) is 0 Å². The minimum atomic E-state index is 0. The van der Waals surface area contributed by atoms with E-state index in [2.05, 4.69) is 58.7 Å². The van der Waals surface area contributed by atoms with Crippen LogP contribution in [-0.2, 0) is 16.1 Å². The van der Waals surface area contributed by atoms with Crippen LogP contribution in [0.15, 0.2) is 29.3 Å². The lowest BCUT2D eigenvalue weighted by Crippen LogP contribution is -2.47. The lowest BCUT2D eigenvalue weighted by Gasteiger charge is -2.28. The van der Waals surface area contributed by atoms with Crippen molar-refractivity contribution in [2.75, 3.05) is 57.9 Å². The Balaban J connectivity index is 0.00000280. The third kappa shape index (κ3) is 6.51. The lowest BCUT2D eigenvalue weighted by molar-refractivity contribution is -0.120. The Kier molecular flexibility index (Phi) is 9.30. The van der Waals surface area contributed by atoms with Crippen molar-refractivity contribution in [1.82, 2.24) is 15.5 Å². The van der Waals surface area contributed by atoms with Crippen LogP contribution in [0.3, 0.4) is 0 Å². The highest BCUT2D eigenvalue weighted by atomic mass is 127. The molecule has 156 valence electrons. The van der Waals surface area contributed by atoms with Gasteiger partial charge in [-0.1, -0.05) is 12.1 Å². The molecule has 1 amide bonds. The highest BCUT2D eigenvalue weighted by molar-refractivity contribution is 14.0. The van der Waals surface area contributed by atoms with Gasteiger partial charge in [0.15, 0.2) is 5.96 Å². The zero-order valence-corrected chi connectivity index (χ0v) is 19.1. The molecule has 0 saturated carbocycles. The average Bonchev–Trinajstić information content (AvgIpc) is 3.18. The van der Waals surface area contributed by atoms with E-state index >= 15 is 0 Å². The molecule has 3 rings (SSSR count). The molecule has 2 saturated heterocycles. The molecule has 1 aromatic carbocycles. The van der Waals surface area contributed by atoms with Crippen molar-refractivity contribution in [2.24, 2.45) is 10.9 Å². The number of carbonyl (C=O) groups excluding carboxylic acids is 1. The molecule has 0 radical (unpaired) electrons. The summed E-state index contributed by atoms with van der Waals surface area (Å²) in [6.07, 6.45) is 1.12. The summed E-state index contributed by atoms with van der Waals surface area (Å²) in [4.78, 5) is 20.6. The number of hydrogen-bond acceptors (Lipinski definition) is 4. The molecular weight excluding hydrogens is 469 g/mol. The number of amides is 1. The molecule has 8 heteroatoms. The number of hydrogen-bond donors (Lipinski definition) is 2. The van der Waals surface area contributed by atoms with Gasteiger partial charge in [0.1, 0.15) is 0 Å². The summed E-state index contributed by atoms with van der Waals surface area (Å²) in [6.45, 7) is 8.23. The van der Waals surface area contributed by atoms with Crippen molar-refractivity contribution in [3.05, 3.63) is 29.8 Å². The molecule has 0 aliphatic carbocycles. The first-order valence-electron chi connectivity index (χ1n) is 9.83. The molecule has 2 aliphatic heterocycles. The van der Waals surface area contributed by atoms with Crippen LogP contribution in [0.25, 0.3) is 0 Å². The fraction of sp³-hybridized carbons (Fsp3) is 0.600. The summed E-state index contributed by atoms with van der Waals surface area (Å²) < 4.78 is 5.48. The van der Waals surface area contributed by atoms with Crippen LogP contribution in [0.2, 0.25) is 0 Å². The maximum atomic E-state index is 11.6. The van der Waals surface area contributed by atoms with Gasteiger partial charge in [-0.05, 0) is 31.0 Å². The van der Waals surface area contributed by atoms with Gasteiger partial charge >= 0.3 is 0 Å². The van der Waals surface area contributed by atoms with E-state index in [0.29, 0.717) is 25.6 Å². The van der Waals surface area contributed by atoms with E-state index in [1.165, 1.54) is 0 Å². The van der Waals surface area contributed by atoms with Gasteiger partial charge in [-0.3, -0.25) is 4.79 Å². The normalized spacial score (nSPS) is 19.8. The second-order valence-electron chi connectivity index (χ2n) is 7.22. The first kappa shape index (κ1) is 22.7. The Hall–Kier alpha value is -1.55. The summed E-state index contributed by atoms with van der Waals surface area (Å²) in [5, 5.41) is 6.23. The van der Waals surface area contributed by atoms with Crippen molar-refractivity contribution >= 4 is 41.5 Å². The number of aliphatic imine (C=N–C) groups is 1. The molecule has 28 heavy (non-hydrogen) atoms. The van der Waals surface area contributed by atoms with E-state index in [1.54, 1.807) is 0 Å². The Bertz CT molecular complexity index is 647. The summed E-state index contributed by atoms with van der Waals surface area (Å²) >= 11 is 0. The minimum Gasteiger partial charge on any atom is -0.381 e. The third-order valence-electron chi connectivity index (χ3n) is 5.00. The van der Waals surface area contributed by atoms with Gasteiger partial charge in [0, 0.05) is 51.4 Å². The predicted octanol–water partition coefficient (Wildman–Crippen LogP) is 1.67. The highest BCUT2D eigenvalue weighted by Gasteiger charge is 2.19. The van der Waals surface area contributed by atoms with Crippen LogP contribution in [0.4, 0.5) is 5.69 Å². The molecule has 2 heterocycles. The van der Waals surface area contributed by atoms with Crippen molar-refractivity contribution in [3.63, 3.8) is 0 Å². The number of rotatable bonds is 6. The van der Waals surface area contributed by atoms with Crippen LogP contribution < -0.4 is 15.5 Å². The molecule has 0 aromatic heterocycles. The average molecular weight is 501 g/mol. The second-order valence-corrected chi connectivity index (χ2v) is 7.22. The molecule has 1 aromatic rings. The van der Waals surface area contributed by atoms with E-state index in [4.69, 9.17) is 9.73 Å². The lowest BCUT2D eigenvalue weighted by atomic mass is 10.1. The summed E-state index contributed by atoms with van der Waals surface area (Å²) in [6, 6.07) is 8.35. The van der Waals surface area contributed by atoms with Gasteiger partial charge in [-0.15, -0.1) is 24.0 Å². The molecule has 2 aliphatic rings. The first-order chi connectivity index (χ1) is 13.2. The van der Waals surface area contributed by atoms with E-state index in [9.17, 15) is 4.79 Å². The first-order valence-corrected chi connectivity index (χ1v) is 9.83. The molecule has 0 spiro atoms. The number of guanidine groups is 1. The molecular formula is C20H32IN5O2. The van der Waals surface area contributed by atoms with Crippen molar-refractivity contribution in [1.29, 1.82) is 0 Å². The van der Waals surface area contributed by atoms with Gasteiger partial charge in [-0.25, -0.2) is 4.99 Å². The van der Waals surface area contributed by atoms with Crippen LogP contribution in [-0.4, -0.2) is 69.8 Å². The van der Waals surface area contributed by atoms with Gasteiger partial charge < -0.3 is 25.2 Å². The molecule has 0 bridgehead atoms. The highest BCUT2D eigenvalue weighted by Crippen LogP contribution is 2.17. The smallest absolute Gasteiger partial charge is 0.239 e. The Labute approximate surface area is 184 Å². The second kappa shape index (κ2) is 11.5. The molecule has 2 fully saturated rings. The Morgan fingerprint density at radius 1 is 1.39 bits per heavy atom. The number of benzene rings is 1. The number of piperazine rings is 1. The molecule has 1 unspecified atom stereocenters. The van der Waals surface area contributed by atoms with Crippen LogP contribution in [0.1, 0.15) is 18.9 Å². The van der Waals surface area contributed by atoms with Crippen molar-refractivity contribution in [2.45, 2.75) is 19.9 Å². The van der Waals surface area contributed by atoms with Crippen LogP contribution >= 0.6 is 24.0 Å². The van der Waals surface area contributed by atoms with E-state index in [-0.39, 0.29) is 29.9 Å². The quantitative estimate of drug-likeness (QED) is 0.353. The Morgan fingerprint density at radius 3 is 2.82 bits per heavy atom. The number of carbonyl (C=O) groups is 1. The maximum absolute atomic E-state index is 11.6. The summed E-state index contributed by atoms with van der Waals surface area (Å²) in [7, 11) is 2.09. The monoisotopic (exact) mass is 501 g/mol. The van der Waals surface area contributed by atoms with Gasteiger partial charge in [0.2, 0.25) is 5.91 Å². The largest absolute Gasteiger partial charge is 0.381 e. The number of nitrogens with one attached hydrogen (secondary N) is 2. The fourth-order valence-electron chi connectivity index (χ4n) is 3.51. The summed E-state index contributed by atoms with van der Waals surface area (Å²) in [5.74, 6) is 1.60. The number of nitrogens with zero attached hydrogens (tertiary/aromatic N) is 3. The fourth-order valence-corrected chi connectivity index (χ4v) is 3.51. The number of halogens is 1. The molecule has 2 N–H and O–H groups in total. The van der Waals surface area contributed by atoms with Crippen LogP contribution in [0, 0.1) is 5.92 Å². The summed E-state index contributed by atoms with van der Waals surface area (Å²) in [5.41, 5.74) is 2.25. The van der Waals surface area contributed by atoms with Gasteiger partial charge in [-0.2, -0.15) is 0 Å². The standard InChI is InChI=1S/C20H31N5O2.HI/c1-3-21-20(24(2)13-17-8-11-27-15-17)23-12-16-4-6-18(7-5-16)25-10-9-22-19(26)14-25;/h4-7,17H,3,8-15H2,1-2H3,(H,21,23)(H,22,26);1H. The van der Waals surface area contributed by atoms with E-state index in [0.717, 1.165) is 56.5 Å². The minimum absolute atomic E-state index is 0.